The number of amides is 1. The summed E-state index contributed by atoms with van der Waals surface area (Å²) in [5.41, 5.74) is 2.29. The van der Waals surface area contributed by atoms with E-state index < -0.39 is 11.7 Å². The van der Waals surface area contributed by atoms with Crippen LogP contribution >= 0.6 is 0 Å². The quantitative estimate of drug-likeness (QED) is 0.532. The van der Waals surface area contributed by atoms with E-state index in [0.29, 0.717) is 11.4 Å². The fraction of sp³-hybridized carbons (Fsp3) is 0.250. The third-order valence-electron chi connectivity index (χ3n) is 3.05. The second kappa shape index (κ2) is 6.87. The van der Waals surface area contributed by atoms with Crippen molar-refractivity contribution in [1.82, 2.24) is 5.16 Å². The third kappa shape index (κ3) is 4.26. The zero-order chi connectivity index (χ0) is 17.0. The minimum Gasteiger partial charge on any atom is -0.874 e. The predicted molar refractivity (Wildman–Crippen MR) is 83.0 cm³/mol. The molecule has 0 bridgehead atoms. The van der Waals surface area contributed by atoms with E-state index >= 15 is 0 Å². The average Bonchev–Trinajstić information content (AvgIpc) is 2.87. The monoisotopic (exact) mass is 313 g/mol. The molecule has 0 aliphatic heterocycles. The first-order chi connectivity index (χ1) is 10.9. The first kappa shape index (κ1) is 16.4. The van der Waals surface area contributed by atoms with E-state index in [2.05, 4.69) is 20.7 Å². The van der Waals surface area contributed by atoms with E-state index in [9.17, 15) is 9.90 Å². The molecule has 7 nitrogen and oxygen atoms in total. The Labute approximate surface area is 133 Å². The van der Waals surface area contributed by atoms with Gasteiger partial charge in [-0.05, 0) is 32.4 Å². The minimum atomic E-state index is -0.617. The molecule has 0 atom stereocenters. The summed E-state index contributed by atoms with van der Waals surface area (Å²) in [4.78, 5) is 12.3. The molecule has 7 heteroatoms. The normalized spacial score (nSPS) is 12.3. The summed E-state index contributed by atoms with van der Waals surface area (Å²) in [6, 6.07) is 7.13. The lowest BCUT2D eigenvalue weighted by Crippen LogP contribution is -2.18. The number of carbonyl (C=O) groups excluding carboxylic acids is 1. The largest absolute Gasteiger partial charge is 0.874 e. The standard InChI is InChI=1S/C16H18N4O3/c1-9-5-6-13(10(2)7-9)17-16(22)15(12(4)21)19-18-14-8-11(3)23-20-14/h5-8,21H,1-4H3,(H,17,22)/p-1/b15-12-,19-18?. The molecule has 2 aromatic rings. The van der Waals surface area contributed by atoms with Crippen LogP contribution < -0.4 is 10.4 Å². The smallest absolute Gasteiger partial charge is 0.275 e. The number of rotatable bonds is 4. The highest BCUT2D eigenvalue weighted by atomic mass is 16.5. The molecular formula is C16H17N4O3-. The number of hydrogen-bond donors (Lipinski definition) is 1. The average molecular weight is 313 g/mol. The molecule has 0 fully saturated rings. The zero-order valence-electron chi connectivity index (χ0n) is 13.4. The van der Waals surface area contributed by atoms with E-state index in [1.54, 1.807) is 19.1 Å². The van der Waals surface area contributed by atoms with Crippen molar-refractivity contribution in [2.24, 2.45) is 10.2 Å². The van der Waals surface area contributed by atoms with E-state index in [0.717, 1.165) is 11.1 Å². The van der Waals surface area contributed by atoms with Crippen LogP contribution in [0, 0.1) is 20.8 Å². The third-order valence-corrected chi connectivity index (χ3v) is 3.05. The van der Waals surface area contributed by atoms with Crippen LogP contribution in [0.2, 0.25) is 0 Å². The van der Waals surface area contributed by atoms with Crippen LogP contribution in [-0.4, -0.2) is 11.1 Å². The predicted octanol–water partition coefficient (Wildman–Crippen LogP) is 2.91. The minimum absolute atomic E-state index is 0.195. The molecule has 1 aromatic carbocycles. The lowest BCUT2D eigenvalue weighted by molar-refractivity contribution is -0.303. The number of allylic oxidation sites excluding steroid dienone is 1. The van der Waals surface area contributed by atoms with Gasteiger partial charge < -0.3 is 14.9 Å². The van der Waals surface area contributed by atoms with Gasteiger partial charge in [-0.2, -0.15) is 0 Å². The highest BCUT2D eigenvalue weighted by Crippen LogP contribution is 2.19. The summed E-state index contributed by atoms with van der Waals surface area (Å²) in [5.74, 6) is -0.353. The molecule has 1 amide bonds. The van der Waals surface area contributed by atoms with Gasteiger partial charge in [0.2, 0.25) is 5.82 Å². The van der Waals surface area contributed by atoms with Crippen LogP contribution in [0.4, 0.5) is 11.5 Å². The Morgan fingerprint density at radius 1 is 1.26 bits per heavy atom. The van der Waals surface area contributed by atoms with Gasteiger partial charge >= 0.3 is 0 Å². The zero-order valence-corrected chi connectivity index (χ0v) is 13.4. The summed E-state index contributed by atoms with van der Waals surface area (Å²) in [6.07, 6.45) is 0. The first-order valence-electron chi connectivity index (χ1n) is 6.98. The molecule has 2 rings (SSSR count). The number of carbonyl (C=O) groups is 1. The summed E-state index contributed by atoms with van der Waals surface area (Å²) in [7, 11) is 0. The number of hydrogen-bond acceptors (Lipinski definition) is 6. The number of azo groups is 1. The van der Waals surface area contributed by atoms with E-state index in [1.165, 1.54) is 6.92 Å². The number of nitrogens with zero attached hydrogens (tertiary/aromatic N) is 3. The van der Waals surface area contributed by atoms with Crippen molar-refractivity contribution in [3.05, 3.63) is 52.6 Å². The van der Waals surface area contributed by atoms with Gasteiger partial charge in [-0.25, -0.2) is 0 Å². The molecule has 120 valence electrons. The van der Waals surface area contributed by atoms with Crippen molar-refractivity contribution in [2.75, 3.05) is 5.32 Å². The van der Waals surface area contributed by atoms with Gasteiger partial charge in [-0.1, -0.05) is 29.8 Å². The molecule has 23 heavy (non-hydrogen) atoms. The Hall–Kier alpha value is -2.96. The van der Waals surface area contributed by atoms with Crippen molar-refractivity contribution < 1.29 is 14.4 Å². The maximum Gasteiger partial charge on any atom is 0.275 e. The maximum atomic E-state index is 12.3. The van der Waals surface area contributed by atoms with Gasteiger partial charge in [0.1, 0.15) is 11.5 Å². The van der Waals surface area contributed by atoms with Crippen LogP contribution in [0.25, 0.3) is 0 Å². The number of nitrogens with one attached hydrogen (secondary N) is 1. The topological polar surface area (TPSA) is 103 Å². The summed E-state index contributed by atoms with van der Waals surface area (Å²) in [5, 5.41) is 25.4. The number of benzene rings is 1. The van der Waals surface area contributed by atoms with Crippen LogP contribution in [0.1, 0.15) is 23.8 Å². The number of aryl methyl sites for hydroxylation is 3. The second-order valence-corrected chi connectivity index (χ2v) is 5.17. The Morgan fingerprint density at radius 2 is 2.00 bits per heavy atom. The summed E-state index contributed by atoms with van der Waals surface area (Å²) < 4.78 is 4.84. The lowest BCUT2D eigenvalue weighted by atomic mass is 10.1. The van der Waals surface area contributed by atoms with E-state index in [4.69, 9.17) is 4.52 Å². The van der Waals surface area contributed by atoms with Crippen LogP contribution in [0.3, 0.4) is 0 Å². The molecule has 0 spiro atoms. The molecule has 0 aliphatic rings. The van der Waals surface area contributed by atoms with E-state index in [-0.39, 0.29) is 11.5 Å². The SMILES string of the molecule is C/C([O-])=C(/N=Nc1cc(C)on1)C(=O)Nc1ccc(C)cc1C. The van der Waals surface area contributed by atoms with Gasteiger partial charge in [-0.15, -0.1) is 16.0 Å². The Balaban J connectivity index is 2.19. The van der Waals surface area contributed by atoms with Crippen molar-refractivity contribution in [2.45, 2.75) is 27.7 Å². The molecule has 0 saturated carbocycles. The van der Waals surface area contributed by atoms with Gasteiger partial charge in [0.15, 0.2) is 0 Å². The number of anilines is 1. The van der Waals surface area contributed by atoms with Gasteiger partial charge in [0.25, 0.3) is 5.91 Å². The fourth-order valence-corrected chi connectivity index (χ4v) is 1.91. The van der Waals surface area contributed by atoms with Crippen molar-refractivity contribution in [3.63, 3.8) is 0 Å². The fourth-order valence-electron chi connectivity index (χ4n) is 1.91. The van der Waals surface area contributed by atoms with Crippen molar-refractivity contribution >= 4 is 17.4 Å². The van der Waals surface area contributed by atoms with Crippen molar-refractivity contribution in [1.29, 1.82) is 0 Å². The molecule has 1 N–H and O–H groups in total. The molecule has 0 aliphatic carbocycles. The van der Waals surface area contributed by atoms with E-state index in [1.807, 2.05) is 26.0 Å². The summed E-state index contributed by atoms with van der Waals surface area (Å²) in [6.45, 7) is 6.79. The Morgan fingerprint density at radius 3 is 2.57 bits per heavy atom. The highest BCUT2D eigenvalue weighted by molar-refractivity contribution is 6.04. The van der Waals surface area contributed by atoms with Gasteiger partial charge in [-0.3, -0.25) is 4.79 Å². The van der Waals surface area contributed by atoms with Crippen LogP contribution in [0.15, 0.2) is 50.5 Å². The number of aromatic nitrogens is 1. The Bertz CT molecular complexity index is 786. The highest BCUT2D eigenvalue weighted by Gasteiger charge is 2.11. The van der Waals surface area contributed by atoms with Gasteiger partial charge in [0, 0.05) is 11.8 Å². The Kier molecular flexibility index (Phi) is 4.90. The molecule has 1 heterocycles. The lowest BCUT2D eigenvalue weighted by Gasteiger charge is -2.12. The molecule has 1 aromatic heterocycles. The molecular weight excluding hydrogens is 296 g/mol. The summed E-state index contributed by atoms with van der Waals surface area (Å²) >= 11 is 0. The first-order valence-corrected chi connectivity index (χ1v) is 6.98. The second-order valence-electron chi connectivity index (χ2n) is 5.17. The molecule has 0 saturated heterocycles. The molecule has 0 radical (unpaired) electrons. The van der Waals surface area contributed by atoms with Gasteiger partial charge in [0.05, 0.1) is 0 Å². The van der Waals surface area contributed by atoms with Crippen molar-refractivity contribution in [3.8, 4) is 0 Å². The molecule has 0 unspecified atom stereocenters. The maximum absolute atomic E-state index is 12.3. The van der Waals surface area contributed by atoms with Crippen LogP contribution in [-0.2, 0) is 4.79 Å². The van der Waals surface area contributed by atoms with Crippen LogP contribution in [0.5, 0.6) is 0 Å².